The van der Waals surface area contributed by atoms with Crippen LogP contribution in [-0.4, -0.2) is 28.7 Å². The molecule has 6 heteroatoms. The number of hydrogen-bond acceptors (Lipinski definition) is 3. The largest absolute Gasteiger partial charge is 0.497 e. The Labute approximate surface area is 128 Å². The molecule has 0 spiro atoms. The van der Waals surface area contributed by atoms with Gasteiger partial charge in [0.1, 0.15) is 12.3 Å². The fourth-order valence-electron chi connectivity index (χ4n) is 2.01. The smallest absolute Gasteiger partial charge is 0.242 e. The first-order chi connectivity index (χ1) is 10.1. The predicted octanol–water partition coefficient (Wildman–Crippen LogP) is 2.30. The minimum absolute atomic E-state index is 0.133. The molecule has 1 N–H and O–H groups in total. The highest BCUT2D eigenvalue weighted by Gasteiger charge is 2.14. The van der Waals surface area contributed by atoms with E-state index in [1.54, 1.807) is 18.0 Å². The number of alkyl halides is 1. The summed E-state index contributed by atoms with van der Waals surface area (Å²) in [5.74, 6) is 0.892. The second-order valence-corrected chi connectivity index (χ2v) is 5.07. The van der Waals surface area contributed by atoms with E-state index in [9.17, 15) is 4.79 Å². The molecule has 1 unspecified atom stereocenters. The van der Waals surface area contributed by atoms with Gasteiger partial charge in [-0.3, -0.25) is 9.48 Å². The van der Waals surface area contributed by atoms with E-state index in [0.29, 0.717) is 0 Å². The van der Waals surface area contributed by atoms with Crippen molar-refractivity contribution in [3.8, 4) is 5.75 Å². The van der Waals surface area contributed by atoms with Crippen molar-refractivity contribution < 1.29 is 9.53 Å². The molecule has 0 saturated carbocycles. The number of amides is 1. The molecule has 21 heavy (non-hydrogen) atoms. The van der Waals surface area contributed by atoms with Gasteiger partial charge in [0.2, 0.25) is 5.91 Å². The number of halogens is 1. The molecule has 1 aromatic heterocycles. The van der Waals surface area contributed by atoms with Crippen LogP contribution in [0.4, 0.5) is 0 Å². The van der Waals surface area contributed by atoms with E-state index >= 15 is 0 Å². The molecule has 1 atom stereocenters. The molecule has 0 saturated heterocycles. The summed E-state index contributed by atoms with van der Waals surface area (Å²) in [6.07, 6.45) is 3.54. The maximum atomic E-state index is 12.1. The number of ether oxygens (including phenoxy) is 1. The number of aromatic nitrogens is 2. The number of carbonyl (C=O) groups is 1. The summed E-state index contributed by atoms with van der Waals surface area (Å²) in [5, 5.41) is 7.00. The Morgan fingerprint density at radius 2 is 2.33 bits per heavy atom. The number of hydrogen-bond donors (Lipinski definition) is 1. The standard InChI is InChI=1S/C15H18ClN3O2/c1-11-8-17-19(9-11)10-15(20)18-14(7-16)12-4-3-5-13(6-12)21-2/h3-6,8-9,14H,7,10H2,1-2H3,(H,18,20). The highest BCUT2D eigenvalue weighted by atomic mass is 35.5. The Balaban J connectivity index is 2.02. The molecule has 0 radical (unpaired) electrons. The third kappa shape index (κ3) is 4.23. The highest BCUT2D eigenvalue weighted by molar-refractivity contribution is 6.18. The van der Waals surface area contributed by atoms with Crippen molar-refractivity contribution in [2.75, 3.05) is 13.0 Å². The first-order valence-corrected chi connectivity index (χ1v) is 7.14. The second kappa shape index (κ2) is 7.13. The van der Waals surface area contributed by atoms with Gasteiger partial charge in [-0.25, -0.2) is 0 Å². The number of methoxy groups -OCH3 is 1. The summed E-state index contributed by atoms with van der Waals surface area (Å²) in [7, 11) is 1.60. The van der Waals surface area contributed by atoms with E-state index in [-0.39, 0.29) is 24.4 Å². The summed E-state index contributed by atoms with van der Waals surface area (Å²) in [5.41, 5.74) is 1.93. The fraction of sp³-hybridized carbons (Fsp3) is 0.333. The lowest BCUT2D eigenvalue weighted by Gasteiger charge is -2.17. The van der Waals surface area contributed by atoms with Crippen molar-refractivity contribution in [3.63, 3.8) is 0 Å². The second-order valence-electron chi connectivity index (χ2n) is 4.77. The summed E-state index contributed by atoms with van der Waals surface area (Å²) in [4.78, 5) is 12.1. The average molecular weight is 308 g/mol. The van der Waals surface area contributed by atoms with Crippen LogP contribution in [0, 0.1) is 6.92 Å². The fourth-order valence-corrected chi connectivity index (χ4v) is 2.27. The lowest BCUT2D eigenvalue weighted by molar-refractivity contribution is -0.122. The number of nitrogens with one attached hydrogen (secondary N) is 1. The summed E-state index contributed by atoms with van der Waals surface area (Å²) < 4.78 is 6.78. The van der Waals surface area contributed by atoms with Crippen LogP contribution in [0.15, 0.2) is 36.7 Å². The van der Waals surface area contributed by atoms with Gasteiger partial charge in [-0.15, -0.1) is 11.6 Å². The monoisotopic (exact) mass is 307 g/mol. The molecule has 0 fully saturated rings. The Hall–Kier alpha value is -2.01. The maximum Gasteiger partial charge on any atom is 0.242 e. The Morgan fingerprint density at radius 1 is 1.52 bits per heavy atom. The van der Waals surface area contributed by atoms with E-state index in [1.807, 2.05) is 37.4 Å². The molecule has 0 aliphatic rings. The van der Waals surface area contributed by atoms with Crippen LogP contribution in [0.1, 0.15) is 17.2 Å². The summed E-state index contributed by atoms with van der Waals surface area (Å²) >= 11 is 5.97. The van der Waals surface area contributed by atoms with Gasteiger partial charge in [0.25, 0.3) is 0 Å². The van der Waals surface area contributed by atoms with Crippen molar-refractivity contribution in [1.29, 1.82) is 0 Å². The Kier molecular flexibility index (Phi) is 5.22. The van der Waals surface area contributed by atoms with E-state index in [2.05, 4.69) is 10.4 Å². The number of carbonyl (C=O) groups excluding carboxylic acids is 1. The average Bonchev–Trinajstić information content (AvgIpc) is 2.89. The summed E-state index contributed by atoms with van der Waals surface area (Å²) in [6.45, 7) is 2.10. The molecule has 5 nitrogen and oxygen atoms in total. The van der Waals surface area contributed by atoms with Crippen molar-refractivity contribution in [3.05, 3.63) is 47.8 Å². The van der Waals surface area contributed by atoms with Crippen LogP contribution < -0.4 is 10.1 Å². The predicted molar refractivity (Wildman–Crippen MR) is 81.6 cm³/mol. The zero-order chi connectivity index (χ0) is 15.2. The van der Waals surface area contributed by atoms with Gasteiger partial charge in [0.05, 0.1) is 19.3 Å². The van der Waals surface area contributed by atoms with Crippen molar-refractivity contribution in [2.45, 2.75) is 19.5 Å². The van der Waals surface area contributed by atoms with E-state index < -0.39 is 0 Å². The first kappa shape index (κ1) is 15.4. The maximum absolute atomic E-state index is 12.1. The number of rotatable bonds is 6. The molecule has 0 aliphatic carbocycles. The van der Waals surface area contributed by atoms with Crippen LogP contribution in [0.2, 0.25) is 0 Å². The van der Waals surface area contributed by atoms with Crippen LogP contribution >= 0.6 is 11.6 Å². The molecule has 0 aliphatic heterocycles. The van der Waals surface area contributed by atoms with Gasteiger partial charge in [-0.1, -0.05) is 12.1 Å². The molecule has 112 valence electrons. The van der Waals surface area contributed by atoms with Crippen LogP contribution in [0.25, 0.3) is 0 Å². The van der Waals surface area contributed by atoms with Gasteiger partial charge in [-0.2, -0.15) is 5.10 Å². The first-order valence-electron chi connectivity index (χ1n) is 6.60. The van der Waals surface area contributed by atoms with E-state index in [1.165, 1.54) is 0 Å². The third-order valence-corrected chi connectivity index (χ3v) is 3.36. The molecule has 1 amide bonds. The molecular formula is C15H18ClN3O2. The molecular weight excluding hydrogens is 290 g/mol. The highest BCUT2D eigenvalue weighted by Crippen LogP contribution is 2.20. The van der Waals surface area contributed by atoms with Crippen LogP contribution in [-0.2, 0) is 11.3 Å². The van der Waals surface area contributed by atoms with Crippen LogP contribution in [0.5, 0.6) is 5.75 Å². The summed E-state index contributed by atoms with van der Waals surface area (Å²) in [6, 6.07) is 7.24. The van der Waals surface area contributed by atoms with E-state index in [4.69, 9.17) is 16.3 Å². The van der Waals surface area contributed by atoms with Crippen molar-refractivity contribution in [1.82, 2.24) is 15.1 Å². The molecule has 1 aromatic carbocycles. The number of benzene rings is 1. The van der Waals surface area contributed by atoms with Crippen LogP contribution in [0.3, 0.4) is 0 Å². The minimum Gasteiger partial charge on any atom is -0.497 e. The Bertz CT molecular complexity index is 612. The zero-order valence-electron chi connectivity index (χ0n) is 12.0. The SMILES string of the molecule is COc1cccc(C(CCl)NC(=O)Cn2cc(C)cn2)c1. The zero-order valence-corrected chi connectivity index (χ0v) is 12.8. The van der Waals surface area contributed by atoms with Gasteiger partial charge >= 0.3 is 0 Å². The van der Waals surface area contributed by atoms with E-state index in [0.717, 1.165) is 16.9 Å². The Morgan fingerprint density at radius 3 is 2.95 bits per heavy atom. The van der Waals surface area contributed by atoms with Gasteiger partial charge in [0, 0.05) is 12.1 Å². The molecule has 0 bridgehead atoms. The lowest BCUT2D eigenvalue weighted by Crippen LogP contribution is -2.32. The van der Waals surface area contributed by atoms with Gasteiger partial charge in [-0.05, 0) is 30.2 Å². The molecule has 2 rings (SSSR count). The number of aryl methyl sites for hydroxylation is 1. The number of nitrogens with zero attached hydrogens (tertiary/aromatic N) is 2. The third-order valence-electron chi connectivity index (χ3n) is 3.05. The molecule has 1 heterocycles. The van der Waals surface area contributed by atoms with Crippen molar-refractivity contribution in [2.24, 2.45) is 0 Å². The molecule has 2 aromatic rings. The van der Waals surface area contributed by atoms with Gasteiger partial charge in [0.15, 0.2) is 0 Å². The minimum atomic E-state index is -0.258. The lowest BCUT2D eigenvalue weighted by atomic mass is 10.1. The topological polar surface area (TPSA) is 56.1 Å². The van der Waals surface area contributed by atoms with Crippen molar-refractivity contribution >= 4 is 17.5 Å². The quantitative estimate of drug-likeness (QED) is 0.833. The van der Waals surface area contributed by atoms with Gasteiger partial charge < -0.3 is 10.1 Å². The normalized spacial score (nSPS) is 12.0.